The molecule has 0 aromatic heterocycles. The molecular formula is C16H22FN3O3. The summed E-state index contributed by atoms with van der Waals surface area (Å²) in [5.41, 5.74) is 0.260. The van der Waals surface area contributed by atoms with Crippen LogP contribution in [0.2, 0.25) is 0 Å². The lowest BCUT2D eigenvalue weighted by molar-refractivity contribution is -0.136. The number of hydrogen-bond acceptors (Lipinski definition) is 4. The number of methoxy groups -OCH3 is 1. The van der Waals surface area contributed by atoms with Crippen LogP contribution in [0, 0.1) is 5.82 Å². The molecule has 1 aliphatic heterocycles. The first kappa shape index (κ1) is 17.4. The van der Waals surface area contributed by atoms with Crippen molar-refractivity contribution in [3.63, 3.8) is 0 Å². The Kier molecular flexibility index (Phi) is 6.49. The normalized spacial score (nSPS) is 18.4. The van der Waals surface area contributed by atoms with Crippen molar-refractivity contribution in [2.45, 2.75) is 18.9 Å². The van der Waals surface area contributed by atoms with E-state index in [4.69, 9.17) is 4.74 Å². The number of carbonyl (C=O) groups is 2. The Labute approximate surface area is 135 Å². The van der Waals surface area contributed by atoms with Crippen LogP contribution < -0.4 is 10.6 Å². The Hall–Kier alpha value is -1.99. The fourth-order valence-electron chi connectivity index (χ4n) is 2.60. The molecule has 1 aromatic rings. The van der Waals surface area contributed by atoms with Crippen LogP contribution in [0.4, 0.5) is 10.1 Å². The van der Waals surface area contributed by atoms with Crippen LogP contribution in [0.25, 0.3) is 0 Å². The maximum absolute atomic E-state index is 13.1. The van der Waals surface area contributed by atoms with E-state index in [1.165, 1.54) is 18.2 Å². The number of anilines is 1. The van der Waals surface area contributed by atoms with E-state index in [0.29, 0.717) is 13.2 Å². The molecule has 0 spiro atoms. The number of halogens is 1. The van der Waals surface area contributed by atoms with Crippen molar-refractivity contribution in [1.29, 1.82) is 0 Å². The molecule has 1 saturated heterocycles. The molecule has 1 aromatic carbocycles. The smallest absolute Gasteiger partial charge is 0.313 e. The van der Waals surface area contributed by atoms with Gasteiger partial charge in [0, 0.05) is 31.9 Å². The van der Waals surface area contributed by atoms with Crippen LogP contribution in [0.3, 0.4) is 0 Å². The van der Waals surface area contributed by atoms with Crippen molar-refractivity contribution in [3.8, 4) is 0 Å². The highest BCUT2D eigenvalue weighted by Gasteiger charge is 2.23. The number of piperidine rings is 1. The van der Waals surface area contributed by atoms with E-state index in [2.05, 4.69) is 15.5 Å². The van der Waals surface area contributed by atoms with Gasteiger partial charge >= 0.3 is 11.8 Å². The molecular weight excluding hydrogens is 301 g/mol. The van der Waals surface area contributed by atoms with Crippen LogP contribution in [-0.4, -0.2) is 56.1 Å². The topological polar surface area (TPSA) is 70.7 Å². The molecule has 1 unspecified atom stereocenters. The van der Waals surface area contributed by atoms with Crippen molar-refractivity contribution in [3.05, 3.63) is 30.1 Å². The van der Waals surface area contributed by atoms with Crippen LogP contribution >= 0.6 is 0 Å². The van der Waals surface area contributed by atoms with E-state index >= 15 is 0 Å². The van der Waals surface area contributed by atoms with Crippen LogP contribution in [-0.2, 0) is 14.3 Å². The van der Waals surface area contributed by atoms with Crippen LogP contribution in [0.1, 0.15) is 12.8 Å². The minimum atomic E-state index is -0.787. The van der Waals surface area contributed by atoms with Gasteiger partial charge in [0.15, 0.2) is 0 Å². The minimum Gasteiger partial charge on any atom is -0.383 e. The summed E-state index contributed by atoms with van der Waals surface area (Å²) in [5.74, 6) is -1.96. The summed E-state index contributed by atoms with van der Waals surface area (Å²) < 4.78 is 18.1. The first-order valence-electron chi connectivity index (χ1n) is 7.67. The zero-order valence-electron chi connectivity index (χ0n) is 13.2. The van der Waals surface area contributed by atoms with Crippen molar-refractivity contribution >= 4 is 17.5 Å². The Morgan fingerprint density at radius 1 is 1.39 bits per heavy atom. The quantitative estimate of drug-likeness (QED) is 0.793. The highest BCUT2D eigenvalue weighted by molar-refractivity contribution is 6.39. The predicted molar refractivity (Wildman–Crippen MR) is 84.5 cm³/mol. The largest absolute Gasteiger partial charge is 0.383 e. The number of amides is 2. The summed E-state index contributed by atoms with van der Waals surface area (Å²) in [4.78, 5) is 26.0. The molecule has 0 aliphatic carbocycles. The van der Waals surface area contributed by atoms with E-state index in [-0.39, 0.29) is 11.7 Å². The number of nitrogens with one attached hydrogen (secondary N) is 2. The molecule has 0 saturated carbocycles. The van der Waals surface area contributed by atoms with Gasteiger partial charge in [-0.1, -0.05) is 6.07 Å². The van der Waals surface area contributed by atoms with Gasteiger partial charge in [-0.05, 0) is 37.6 Å². The second-order valence-corrected chi connectivity index (χ2v) is 5.57. The van der Waals surface area contributed by atoms with E-state index in [1.807, 2.05) is 0 Å². The fourth-order valence-corrected chi connectivity index (χ4v) is 2.60. The molecule has 2 N–H and O–H groups in total. The number of likely N-dealkylation sites (tertiary alicyclic amines) is 1. The number of rotatable bonds is 5. The summed E-state index contributed by atoms with van der Waals surface area (Å²) in [6.45, 7) is 3.10. The number of nitrogens with zero attached hydrogens (tertiary/aromatic N) is 1. The average molecular weight is 323 g/mol. The average Bonchev–Trinajstić information content (AvgIpc) is 2.53. The minimum absolute atomic E-state index is 0.0636. The molecule has 1 aliphatic rings. The first-order valence-corrected chi connectivity index (χ1v) is 7.67. The summed E-state index contributed by atoms with van der Waals surface area (Å²) in [6.07, 6.45) is 1.79. The van der Waals surface area contributed by atoms with Gasteiger partial charge in [-0.3, -0.25) is 14.5 Å². The third kappa shape index (κ3) is 5.61. The second-order valence-electron chi connectivity index (χ2n) is 5.57. The maximum atomic E-state index is 13.1. The Morgan fingerprint density at radius 2 is 2.22 bits per heavy atom. The fraction of sp³-hybridized carbons (Fsp3) is 0.500. The lowest BCUT2D eigenvalue weighted by Gasteiger charge is -2.32. The Morgan fingerprint density at radius 3 is 2.96 bits per heavy atom. The molecule has 2 amide bonds. The number of hydrogen-bond donors (Lipinski definition) is 2. The molecule has 6 nitrogen and oxygen atoms in total. The number of ether oxygens (including phenoxy) is 1. The second kappa shape index (κ2) is 8.59. The lowest BCUT2D eigenvalue weighted by Crippen LogP contribution is -2.50. The summed E-state index contributed by atoms with van der Waals surface area (Å²) in [6, 6.07) is 5.37. The molecule has 0 bridgehead atoms. The van der Waals surface area contributed by atoms with Gasteiger partial charge in [0.1, 0.15) is 5.82 Å². The van der Waals surface area contributed by atoms with Crippen molar-refractivity contribution in [2.24, 2.45) is 0 Å². The van der Waals surface area contributed by atoms with Gasteiger partial charge in [0.2, 0.25) is 0 Å². The van der Waals surface area contributed by atoms with Gasteiger partial charge in [0.05, 0.1) is 6.61 Å². The van der Waals surface area contributed by atoms with Gasteiger partial charge in [0.25, 0.3) is 0 Å². The monoisotopic (exact) mass is 323 g/mol. The van der Waals surface area contributed by atoms with Crippen LogP contribution in [0.15, 0.2) is 24.3 Å². The first-order chi connectivity index (χ1) is 11.1. The van der Waals surface area contributed by atoms with Gasteiger partial charge in [-0.15, -0.1) is 0 Å². The third-order valence-electron chi connectivity index (χ3n) is 3.74. The molecule has 2 rings (SSSR count). The summed E-state index contributed by atoms with van der Waals surface area (Å²) in [5, 5.41) is 5.13. The number of carbonyl (C=O) groups excluding carboxylic acids is 2. The maximum Gasteiger partial charge on any atom is 0.313 e. The Bertz CT molecular complexity index is 553. The van der Waals surface area contributed by atoms with Crippen LogP contribution in [0.5, 0.6) is 0 Å². The predicted octanol–water partition coefficient (Wildman–Crippen LogP) is 0.991. The van der Waals surface area contributed by atoms with E-state index < -0.39 is 17.6 Å². The molecule has 1 atom stereocenters. The van der Waals surface area contributed by atoms with Crippen molar-refractivity contribution in [2.75, 3.05) is 38.7 Å². The van der Waals surface area contributed by atoms with Crippen molar-refractivity contribution < 1.29 is 18.7 Å². The third-order valence-corrected chi connectivity index (χ3v) is 3.74. The summed E-state index contributed by atoms with van der Waals surface area (Å²) in [7, 11) is 1.65. The molecule has 1 heterocycles. The molecule has 7 heteroatoms. The SMILES string of the molecule is COCCN1CCCC(NC(=O)C(=O)Nc2cccc(F)c2)C1. The van der Waals surface area contributed by atoms with Gasteiger partial charge in [-0.25, -0.2) is 4.39 Å². The molecule has 23 heavy (non-hydrogen) atoms. The zero-order valence-corrected chi connectivity index (χ0v) is 13.2. The Balaban J connectivity index is 1.82. The highest BCUT2D eigenvalue weighted by atomic mass is 19.1. The highest BCUT2D eigenvalue weighted by Crippen LogP contribution is 2.11. The van der Waals surface area contributed by atoms with Crippen molar-refractivity contribution in [1.82, 2.24) is 10.2 Å². The van der Waals surface area contributed by atoms with Gasteiger partial charge < -0.3 is 15.4 Å². The van der Waals surface area contributed by atoms with E-state index in [0.717, 1.165) is 32.0 Å². The molecule has 126 valence electrons. The van der Waals surface area contributed by atoms with E-state index in [9.17, 15) is 14.0 Å². The van der Waals surface area contributed by atoms with Gasteiger partial charge in [-0.2, -0.15) is 0 Å². The zero-order chi connectivity index (χ0) is 16.7. The standard InChI is InChI=1S/C16H22FN3O3/c1-23-9-8-20-7-3-6-14(11-20)19-16(22)15(21)18-13-5-2-4-12(17)10-13/h2,4-5,10,14H,3,6-9,11H2,1H3,(H,18,21)(H,19,22). The number of benzene rings is 1. The lowest BCUT2D eigenvalue weighted by atomic mass is 10.1. The molecule has 0 radical (unpaired) electrons. The summed E-state index contributed by atoms with van der Waals surface area (Å²) >= 11 is 0. The van der Waals surface area contributed by atoms with E-state index in [1.54, 1.807) is 7.11 Å². The molecule has 1 fully saturated rings.